The summed E-state index contributed by atoms with van der Waals surface area (Å²) in [5, 5.41) is 3.83. The molecule has 0 spiro atoms. The molecule has 3 N–H and O–H groups in total. The van der Waals surface area contributed by atoms with E-state index < -0.39 is 0 Å². The minimum absolute atomic E-state index is 0.00761. The van der Waals surface area contributed by atoms with Crippen LogP contribution in [0.25, 0.3) is 0 Å². The zero-order valence-electron chi connectivity index (χ0n) is 13.2. The van der Waals surface area contributed by atoms with Crippen LogP contribution in [0.5, 0.6) is 0 Å². The summed E-state index contributed by atoms with van der Waals surface area (Å²) in [7, 11) is 2.07. The molecule has 3 rings (SSSR count). The number of carbonyl (C=O) groups excluding carboxylic acids is 1. The highest BCUT2D eigenvalue weighted by atomic mass is 35.5. The molecule has 7 heteroatoms. The largest absolute Gasteiger partial charge is 0.373 e. The van der Waals surface area contributed by atoms with Gasteiger partial charge in [0.15, 0.2) is 0 Å². The van der Waals surface area contributed by atoms with Crippen LogP contribution >= 0.6 is 11.6 Å². The van der Waals surface area contributed by atoms with Crippen LogP contribution in [0.15, 0.2) is 24.3 Å². The van der Waals surface area contributed by atoms with Crippen LogP contribution in [0.4, 0.5) is 0 Å². The second-order valence-corrected chi connectivity index (χ2v) is 6.56. The first kappa shape index (κ1) is 16.7. The van der Waals surface area contributed by atoms with E-state index >= 15 is 0 Å². The fourth-order valence-corrected chi connectivity index (χ4v) is 3.13. The highest BCUT2D eigenvalue weighted by Gasteiger charge is 2.32. The van der Waals surface area contributed by atoms with Crippen molar-refractivity contribution in [2.75, 3.05) is 33.3 Å². The maximum Gasteiger partial charge on any atom is 0.239 e. The van der Waals surface area contributed by atoms with Crippen LogP contribution in [-0.2, 0) is 9.53 Å². The maximum absolute atomic E-state index is 12.5. The van der Waals surface area contributed by atoms with Gasteiger partial charge in [-0.25, -0.2) is 5.43 Å². The summed E-state index contributed by atoms with van der Waals surface area (Å²) in [5.74, 6) is -0.00761. The van der Waals surface area contributed by atoms with Gasteiger partial charge in [0.1, 0.15) is 6.04 Å². The first-order valence-corrected chi connectivity index (χ1v) is 8.35. The predicted octanol–water partition coefficient (Wildman–Crippen LogP) is 0.694. The SMILES string of the molecule is CN1CCOC(C(NC(=O)C2CCNN2)c2ccc(Cl)cc2)C1. The molecule has 0 aliphatic carbocycles. The van der Waals surface area contributed by atoms with Gasteiger partial charge < -0.3 is 15.0 Å². The van der Waals surface area contributed by atoms with Gasteiger partial charge in [-0.3, -0.25) is 10.2 Å². The molecule has 2 fully saturated rings. The Labute approximate surface area is 141 Å². The molecule has 0 bridgehead atoms. The van der Waals surface area contributed by atoms with Crippen molar-refractivity contribution < 1.29 is 9.53 Å². The molecule has 6 nitrogen and oxygen atoms in total. The van der Waals surface area contributed by atoms with E-state index in [1.54, 1.807) is 0 Å². The Morgan fingerprint density at radius 3 is 2.87 bits per heavy atom. The quantitative estimate of drug-likeness (QED) is 0.754. The summed E-state index contributed by atoms with van der Waals surface area (Å²) in [4.78, 5) is 14.7. The summed E-state index contributed by atoms with van der Waals surface area (Å²) in [6, 6.07) is 7.20. The normalized spacial score (nSPS) is 26.9. The van der Waals surface area contributed by atoms with Crippen molar-refractivity contribution in [1.29, 1.82) is 0 Å². The smallest absolute Gasteiger partial charge is 0.239 e. The van der Waals surface area contributed by atoms with Crippen LogP contribution in [0.1, 0.15) is 18.0 Å². The van der Waals surface area contributed by atoms with Gasteiger partial charge in [-0.2, -0.15) is 0 Å². The topological polar surface area (TPSA) is 65.6 Å². The average Bonchev–Trinajstić information content (AvgIpc) is 3.08. The number of amides is 1. The molecule has 1 aromatic rings. The lowest BCUT2D eigenvalue weighted by molar-refractivity contribution is -0.126. The molecule has 1 aromatic carbocycles. The molecule has 0 saturated carbocycles. The number of hydrogen-bond donors (Lipinski definition) is 3. The Hall–Kier alpha value is -1.18. The van der Waals surface area contributed by atoms with Crippen molar-refractivity contribution in [3.63, 3.8) is 0 Å². The molecule has 0 radical (unpaired) electrons. The van der Waals surface area contributed by atoms with Gasteiger partial charge in [-0.1, -0.05) is 23.7 Å². The second kappa shape index (κ2) is 7.59. The number of nitrogens with one attached hydrogen (secondary N) is 3. The summed E-state index contributed by atoms with van der Waals surface area (Å²) < 4.78 is 5.93. The van der Waals surface area contributed by atoms with Crippen molar-refractivity contribution in [2.24, 2.45) is 0 Å². The minimum Gasteiger partial charge on any atom is -0.373 e. The highest BCUT2D eigenvalue weighted by molar-refractivity contribution is 6.30. The molecule has 2 aliphatic heterocycles. The zero-order valence-corrected chi connectivity index (χ0v) is 14.0. The van der Waals surface area contributed by atoms with Crippen molar-refractivity contribution in [2.45, 2.75) is 24.6 Å². The number of hydrazine groups is 1. The lowest BCUT2D eigenvalue weighted by Crippen LogP contribution is -2.51. The molecule has 3 atom stereocenters. The number of likely N-dealkylation sites (N-methyl/N-ethyl adjacent to an activating group) is 1. The van der Waals surface area contributed by atoms with Crippen LogP contribution in [-0.4, -0.2) is 56.2 Å². The molecule has 3 unspecified atom stereocenters. The third-order valence-corrected chi connectivity index (χ3v) is 4.60. The van der Waals surface area contributed by atoms with Gasteiger partial charge in [0.2, 0.25) is 5.91 Å². The summed E-state index contributed by atoms with van der Waals surface area (Å²) >= 11 is 5.99. The summed E-state index contributed by atoms with van der Waals surface area (Å²) in [5.41, 5.74) is 7.00. The van der Waals surface area contributed by atoms with E-state index in [4.69, 9.17) is 16.3 Å². The molecule has 2 heterocycles. The Bertz CT molecular complexity index is 533. The first-order chi connectivity index (χ1) is 11.1. The van der Waals surface area contributed by atoms with Gasteiger partial charge in [-0.15, -0.1) is 0 Å². The number of carbonyl (C=O) groups is 1. The van der Waals surface area contributed by atoms with Crippen LogP contribution in [0, 0.1) is 0 Å². The number of nitrogens with zero attached hydrogens (tertiary/aromatic N) is 1. The predicted molar refractivity (Wildman–Crippen MR) is 89.1 cm³/mol. The summed E-state index contributed by atoms with van der Waals surface area (Å²) in [6.45, 7) is 3.16. The third-order valence-electron chi connectivity index (χ3n) is 4.35. The van der Waals surface area contributed by atoms with E-state index in [0.717, 1.165) is 31.6 Å². The van der Waals surface area contributed by atoms with Crippen LogP contribution in [0.2, 0.25) is 5.02 Å². The van der Waals surface area contributed by atoms with E-state index in [0.29, 0.717) is 11.6 Å². The zero-order chi connectivity index (χ0) is 16.2. The second-order valence-electron chi connectivity index (χ2n) is 6.12. The summed E-state index contributed by atoms with van der Waals surface area (Å²) in [6.07, 6.45) is 0.707. The lowest BCUT2D eigenvalue weighted by atomic mass is 9.99. The standard InChI is InChI=1S/C16H23ClN4O2/c1-21-8-9-23-14(10-21)15(11-2-4-12(17)5-3-11)19-16(22)13-6-7-18-20-13/h2-5,13-15,18,20H,6-10H2,1H3,(H,19,22). The number of hydrogen-bond acceptors (Lipinski definition) is 5. The van der Waals surface area contributed by atoms with Gasteiger partial charge in [0.05, 0.1) is 18.8 Å². The molecule has 1 amide bonds. The van der Waals surface area contributed by atoms with Crippen molar-refractivity contribution in [3.8, 4) is 0 Å². The highest BCUT2D eigenvalue weighted by Crippen LogP contribution is 2.24. The number of halogens is 1. The lowest BCUT2D eigenvalue weighted by Gasteiger charge is -2.36. The molecule has 0 aromatic heterocycles. The van der Waals surface area contributed by atoms with Crippen LogP contribution < -0.4 is 16.2 Å². The van der Waals surface area contributed by atoms with E-state index in [2.05, 4.69) is 28.1 Å². The van der Waals surface area contributed by atoms with E-state index in [1.807, 2.05) is 24.3 Å². The maximum atomic E-state index is 12.5. The molecule has 126 valence electrons. The number of morpholine rings is 1. The Balaban J connectivity index is 1.77. The van der Waals surface area contributed by atoms with E-state index in [9.17, 15) is 4.79 Å². The Morgan fingerprint density at radius 1 is 1.43 bits per heavy atom. The molecular formula is C16H23ClN4O2. The third kappa shape index (κ3) is 4.22. The van der Waals surface area contributed by atoms with E-state index in [-0.39, 0.29) is 24.1 Å². The van der Waals surface area contributed by atoms with Crippen molar-refractivity contribution >= 4 is 17.5 Å². The molecule has 2 saturated heterocycles. The van der Waals surface area contributed by atoms with Gasteiger partial charge in [-0.05, 0) is 31.2 Å². The van der Waals surface area contributed by atoms with Gasteiger partial charge in [0, 0.05) is 24.7 Å². The number of rotatable bonds is 4. The van der Waals surface area contributed by atoms with Gasteiger partial charge >= 0.3 is 0 Å². The fourth-order valence-electron chi connectivity index (χ4n) is 3.01. The van der Waals surface area contributed by atoms with E-state index in [1.165, 1.54) is 0 Å². The molecule has 23 heavy (non-hydrogen) atoms. The minimum atomic E-state index is -0.203. The Kier molecular flexibility index (Phi) is 5.50. The average molecular weight is 339 g/mol. The Morgan fingerprint density at radius 2 is 2.22 bits per heavy atom. The first-order valence-electron chi connectivity index (χ1n) is 7.98. The monoisotopic (exact) mass is 338 g/mol. The van der Waals surface area contributed by atoms with Crippen molar-refractivity contribution in [3.05, 3.63) is 34.9 Å². The number of ether oxygens (including phenoxy) is 1. The molecular weight excluding hydrogens is 316 g/mol. The fraction of sp³-hybridized carbons (Fsp3) is 0.562. The number of benzene rings is 1. The van der Waals surface area contributed by atoms with Gasteiger partial charge in [0.25, 0.3) is 0 Å². The van der Waals surface area contributed by atoms with Crippen molar-refractivity contribution in [1.82, 2.24) is 21.1 Å². The molecule has 2 aliphatic rings. The van der Waals surface area contributed by atoms with Crippen LogP contribution in [0.3, 0.4) is 0 Å².